The van der Waals surface area contributed by atoms with Crippen molar-refractivity contribution >= 4 is 6.03 Å². The van der Waals surface area contributed by atoms with Crippen LogP contribution < -0.4 is 5.32 Å². The van der Waals surface area contributed by atoms with Crippen LogP contribution in [-0.4, -0.2) is 52.5 Å². The Bertz CT molecular complexity index is 594. The molecule has 6 nitrogen and oxygen atoms in total. The van der Waals surface area contributed by atoms with Crippen LogP contribution in [0.25, 0.3) is 0 Å². The van der Waals surface area contributed by atoms with Gasteiger partial charge >= 0.3 is 6.03 Å². The van der Waals surface area contributed by atoms with Crippen LogP contribution >= 0.6 is 0 Å². The summed E-state index contributed by atoms with van der Waals surface area (Å²) < 4.78 is 6.40. The number of piperidine rings is 1. The van der Waals surface area contributed by atoms with E-state index in [-0.39, 0.29) is 24.0 Å². The molecule has 2 amide bonds. The molecular formula is C22H38N4O2. The Morgan fingerprint density at radius 2 is 2.00 bits per heavy atom. The number of aromatic nitrogens is 2. The molecular weight excluding hydrogens is 352 g/mol. The smallest absolute Gasteiger partial charge is 0.317 e. The number of hydrogen-bond donors (Lipinski definition) is 2. The second-order valence-electron chi connectivity index (χ2n) is 9.23. The monoisotopic (exact) mass is 390 g/mol. The molecule has 2 N–H and O–H groups in total. The third-order valence-electron chi connectivity index (χ3n) is 6.52. The fraction of sp³-hybridized carbons (Fsp3) is 0.818. The molecule has 28 heavy (non-hydrogen) atoms. The number of H-pyrrole nitrogens is 1. The summed E-state index contributed by atoms with van der Waals surface area (Å²) in [5.41, 5.74) is 1.04. The Labute approximate surface area is 169 Å². The van der Waals surface area contributed by atoms with Crippen LogP contribution in [0, 0.1) is 11.8 Å². The van der Waals surface area contributed by atoms with Gasteiger partial charge in [-0.1, -0.05) is 13.8 Å². The van der Waals surface area contributed by atoms with Gasteiger partial charge in [0.15, 0.2) is 0 Å². The molecule has 2 heterocycles. The summed E-state index contributed by atoms with van der Waals surface area (Å²) in [6.07, 6.45) is 9.03. The van der Waals surface area contributed by atoms with Crippen molar-refractivity contribution in [3.63, 3.8) is 0 Å². The first kappa shape index (κ1) is 21.2. The molecule has 6 heteroatoms. The molecule has 0 unspecified atom stereocenters. The van der Waals surface area contributed by atoms with E-state index in [9.17, 15) is 4.79 Å². The number of likely N-dealkylation sites (tertiary alicyclic amines) is 1. The van der Waals surface area contributed by atoms with Gasteiger partial charge in [0.25, 0.3) is 0 Å². The van der Waals surface area contributed by atoms with E-state index in [2.05, 4.69) is 29.4 Å². The van der Waals surface area contributed by atoms with Gasteiger partial charge in [-0.3, -0.25) is 5.10 Å². The Morgan fingerprint density at radius 1 is 1.25 bits per heavy atom. The van der Waals surface area contributed by atoms with Gasteiger partial charge in [-0.25, -0.2) is 4.79 Å². The molecule has 1 aromatic heterocycles. The Morgan fingerprint density at radius 3 is 2.61 bits per heavy atom. The highest BCUT2D eigenvalue weighted by molar-refractivity contribution is 5.75. The number of amides is 2. The first-order chi connectivity index (χ1) is 13.5. The van der Waals surface area contributed by atoms with Crippen molar-refractivity contribution in [3.8, 4) is 0 Å². The molecule has 1 saturated heterocycles. The van der Waals surface area contributed by atoms with Gasteiger partial charge in [0.1, 0.15) is 0 Å². The van der Waals surface area contributed by atoms with Crippen LogP contribution in [0.4, 0.5) is 4.79 Å². The van der Waals surface area contributed by atoms with E-state index in [4.69, 9.17) is 4.74 Å². The minimum absolute atomic E-state index is 0.0207. The van der Waals surface area contributed by atoms with E-state index < -0.39 is 0 Å². The quantitative estimate of drug-likeness (QED) is 0.760. The normalized spacial score (nSPS) is 28.7. The zero-order valence-electron chi connectivity index (χ0n) is 18.0. The van der Waals surface area contributed by atoms with Crippen LogP contribution in [0.2, 0.25) is 0 Å². The van der Waals surface area contributed by atoms with Gasteiger partial charge in [0.2, 0.25) is 0 Å². The van der Waals surface area contributed by atoms with E-state index in [0.29, 0.717) is 12.7 Å². The number of carbonyl (C=O) groups excluding carboxylic acids is 1. The lowest BCUT2D eigenvalue weighted by Crippen LogP contribution is -2.54. The summed E-state index contributed by atoms with van der Waals surface area (Å²) in [6, 6.07) is 2.23. The fourth-order valence-electron chi connectivity index (χ4n) is 4.82. The zero-order valence-corrected chi connectivity index (χ0v) is 18.0. The van der Waals surface area contributed by atoms with Crippen molar-refractivity contribution in [2.24, 2.45) is 11.8 Å². The van der Waals surface area contributed by atoms with Crippen LogP contribution in [-0.2, 0) is 4.74 Å². The number of hydrogen-bond acceptors (Lipinski definition) is 3. The fourth-order valence-corrected chi connectivity index (χ4v) is 4.82. The van der Waals surface area contributed by atoms with Gasteiger partial charge < -0.3 is 15.0 Å². The Kier molecular flexibility index (Phi) is 7.38. The Balaban J connectivity index is 1.65. The summed E-state index contributed by atoms with van der Waals surface area (Å²) in [6.45, 7) is 10.0. The number of urea groups is 1. The molecule has 0 radical (unpaired) electrons. The van der Waals surface area contributed by atoms with Gasteiger partial charge in [-0.05, 0) is 70.3 Å². The predicted molar refractivity (Wildman–Crippen MR) is 111 cm³/mol. The molecule has 0 spiro atoms. The molecule has 0 bridgehead atoms. The van der Waals surface area contributed by atoms with Crippen molar-refractivity contribution in [2.75, 3.05) is 13.2 Å². The van der Waals surface area contributed by atoms with E-state index in [1.54, 1.807) is 0 Å². The minimum Gasteiger partial charge on any atom is -0.376 e. The molecule has 2 atom stereocenters. The van der Waals surface area contributed by atoms with E-state index in [0.717, 1.165) is 49.8 Å². The molecule has 2 aliphatic rings. The summed E-state index contributed by atoms with van der Waals surface area (Å²) in [5, 5.41) is 10.4. The van der Waals surface area contributed by atoms with E-state index in [1.807, 2.05) is 31.0 Å². The SMILES string of the molecule is CC(C)NC(=O)N1CCC[C@H](c2cc[nH]n2)[C@@H]1CO[C@H]1CC[C@@H](C(C)C)CC1. The number of aromatic amines is 1. The third-order valence-corrected chi connectivity index (χ3v) is 6.52. The second kappa shape index (κ2) is 9.77. The maximum atomic E-state index is 12.8. The largest absolute Gasteiger partial charge is 0.376 e. The lowest BCUT2D eigenvalue weighted by atomic mass is 9.80. The first-order valence-corrected chi connectivity index (χ1v) is 11.1. The molecule has 3 rings (SSSR count). The summed E-state index contributed by atoms with van der Waals surface area (Å²) in [4.78, 5) is 14.8. The molecule has 1 aliphatic carbocycles. The van der Waals surface area contributed by atoms with Crippen LogP contribution in [0.1, 0.15) is 77.8 Å². The van der Waals surface area contributed by atoms with Crippen LogP contribution in [0.3, 0.4) is 0 Å². The zero-order chi connectivity index (χ0) is 20.1. The third kappa shape index (κ3) is 5.28. The summed E-state index contributed by atoms with van der Waals surface area (Å²) in [7, 11) is 0. The average molecular weight is 391 g/mol. The summed E-state index contributed by atoms with van der Waals surface area (Å²) in [5.74, 6) is 1.82. The standard InChI is InChI=1S/C22H38N4O2/c1-15(2)17-7-9-18(10-8-17)28-14-21-19(20-11-12-23-25-20)6-5-13-26(21)22(27)24-16(3)4/h11-12,15-19,21H,5-10,13-14H2,1-4H3,(H,23,25)(H,24,27)/t17-,18+,19-,21+/m1/s1. The lowest BCUT2D eigenvalue weighted by molar-refractivity contribution is -0.0240. The Hall–Kier alpha value is -1.56. The minimum atomic E-state index is 0.0207. The topological polar surface area (TPSA) is 70.2 Å². The number of nitrogens with one attached hydrogen (secondary N) is 2. The number of rotatable bonds is 6. The molecule has 158 valence electrons. The number of carbonyl (C=O) groups is 1. The maximum absolute atomic E-state index is 12.8. The lowest BCUT2D eigenvalue weighted by Gasteiger charge is -2.42. The van der Waals surface area contributed by atoms with Crippen molar-refractivity contribution < 1.29 is 9.53 Å². The van der Waals surface area contributed by atoms with Gasteiger partial charge in [-0.2, -0.15) is 5.10 Å². The van der Waals surface area contributed by atoms with Gasteiger partial charge in [-0.15, -0.1) is 0 Å². The molecule has 0 aromatic carbocycles. The number of nitrogens with zero attached hydrogens (tertiary/aromatic N) is 2. The van der Waals surface area contributed by atoms with E-state index >= 15 is 0 Å². The molecule has 1 aromatic rings. The predicted octanol–water partition coefficient (Wildman–Crippen LogP) is 4.31. The van der Waals surface area contributed by atoms with Crippen molar-refractivity contribution in [2.45, 2.75) is 90.3 Å². The van der Waals surface area contributed by atoms with Crippen LogP contribution in [0.5, 0.6) is 0 Å². The second-order valence-corrected chi connectivity index (χ2v) is 9.23. The first-order valence-electron chi connectivity index (χ1n) is 11.1. The summed E-state index contributed by atoms with van der Waals surface area (Å²) >= 11 is 0. The molecule has 1 aliphatic heterocycles. The highest BCUT2D eigenvalue weighted by atomic mass is 16.5. The van der Waals surface area contributed by atoms with Gasteiger partial charge in [0.05, 0.1) is 24.4 Å². The van der Waals surface area contributed by atoms with Crippen molar-refractivity contribution in [1.82, 2.24) is 20.4 Å². The maximum Gasteiger partial charge on any atom is 0.317 e. The molecule has 1 saturated carbocycles. The van der Waals surface area contributed by atoms with Crippen molar-refractivity contribution in [1.29, 1.82) is 0 Å². The van der Waals surface area contributed by atoms with E-state index in [1.165, 1.54) is 12.8 Å². The van der Waals surface area contributed by atoms with Gasteiger partial charge in [0, 0.05) is 24.7 Å². The molecule has 2 fully saturated rings. The highest BCUT2D eigenvalue weighted by Crippen LogP contribution is 2.34. The van der Waals surface area contributed by atoms with Crippen molar-refractivity contribution in [3.05, 3.63) is 18.0 Å². The highest BCUT2D eigenvalue weighted by Gasteiger charge is 2.37. The number of ether oxygens (including phenoxy) is 1. The van der Waals surface area contributed by atoms with Crippen LogP contribution in [0.15, 0.2) is 12.3 Å². The average Bonchev–Trinajstić information content (AvgIpc) is 3.20.